The lowest BCUT2D eigenvalue weighted by Crippen LogP contribution is -2.39. The number of nitrogens with one attached hydrogen (secondary N) is 1. The number of thiophene rings is 1. The number of amides is 1. The number of nitrogens with zero attached hydrogens (tertiary/aromatic N) is 1. The van der Waals surface area contributed by atoms with E-state index in [2.05, 4.69) is 11.9 Å². The van der Waals surface area contributed by atoms with Crippen LogP contribution in [0.15, 0.2) is 30.2 Å². The quantitative estimate of drug-likeness (QED) is 0.688. The van der Waals surface area contributed by atoms with Crippen molar-refractivity contribution in [3.05, 3.63) is 35.0 Å². The van der Waals surface area contributed by atoms with Crippen molar-refractivity contribution in [2.75, 3.05) is 19.6 Å². The second-order valence-corrected chi connectivity index (χ2v) is 4.74. The Morgan fingerprint density at radius 2 is 2.33 bits per heavy atom. The van der Waals surface area contributed by atoms with Gasteiger partial charge in [-0.1, -0.05) is 12.1 Å². The lowest BCUT2D eigenvalue weighted by molar-refractivity contribution is -0.138. The smallest absolute Gasteiger partial charge is 0.322 e. The highest BCUT2D eigenvalue weighted by molar-refractivity contribution is 7.09. The van der Waals surface area contributed by atoms with Gasteiger partial charge in [-0.3, -0.25) is 14.5 Å². The molecular weight excluding hydrogens is 252 g/mol. The summed E-state index contributed by atoms with van der Waals surface area (Å²) in [5.74, 6) is -1.34. The molecule has 0 aliphatic rings. The second kappa shape index (κ2) is 7.62. The van der Waals surface area contributed by atoms with Crippen LogP contribution in [0.2, 0.25) is 0 Å². The fourth-order valence-corrected chi connectivity index (χ4v) is 2.17. The summed E-state index contributed by atoms with van der Waals surface area (Å²) in [7, 11) is 0. The lowest BCUT2D eigenvalue weighted by Gasteiger charge is -2.18. The Morgan fingerprint density at radius 3 is 2.89 bits per heavy atom. The Hall–Kier alpha value is -1.66. The summed E-state index contributed by atoms with van der Waals surface area (Å²) in [6, 6.07) is 3.95. The zero-order valence-corrected chi connectivity index (χ0v) is 10.8. The summed E-state index contributed by atoms with van der Waals surface area (Å²) in [6.07, 6.45) is 1.72. The van der Waals surface area contributed by atoms with Gasteiger partial charge in [0, 0.05) is 18.0 Å². The Morgan fingerprint density at radius 1 is 1.56 bits per heavy atom. The van der Waals surface area contributed by atoms with Crippen LogP contribution < -0.4 is 5.32 Å². The van der Waals surface area contributed by atoms with Crippen LogP contribution >= 0.6 is 11.3 Å². The van der Waals surface area contributed by atoms with Gasteiger partial charge in [-0.25, -0.2) is 0 Å². The first kappa shape index (κ1) is 14.4. The molecule has 0 fully saturated rings. The third-order valence-electron chi connectivity index (χ3n) is 2.15. The molecule has 5 nitrogen and oxygen atoms in total. The van der Waals surface area contributed by atoms with Gasteiger partial charge in [0.15, 0.2) is 0 Å². The second-order valence-electron chi connectivity index (χ2n) is 3.71. The van der Waals surface area contributed by atoms with Gasteiger partial charge in [0.05, 0.1) is 6.54 Å². The van der Waals surface area contributed by atoms with Crippen LogP contribution in [0, 0.1) is 0 Å². The van der Waals surface area contributed by atoms with Crippen LogP contribution in [0.1, 0.15) is 4.88 Å². The van der Waals surface area contributed by atoms with Crippen molar-refractivity contribution in [1.82, 2.24) is 10.2 Å². The third-order valence-corrected chi connectivity index (χ3v) is 3.01. The van der Waals surface area contributed by atoms with E-state index < -0.39 is 5.97 Å². The average molecular weight is 268 g/mol. The molecular formula is C12H16N2O3S. The van der Waals surface area contributed by atoms with Crippen LogP contribution in [0.4, 0.5) is 0 Å². The minimum absolute atomic E-state index is 0.164. The zero-order chi connectivity index (χ0) is 13.4. The SMILES string of the molecule is C=CCN(CC(=O)NCC(=O)O)Cc1cccs1. The van der Waals surface area contributed by atoms with Crippen molar-refractivity contribution in [3.63, 3.8) is 0 Å². The molecule has 0 aliphatic heterocycles. The summed E-state index contributed by atoms with van der Waals surface area (Å²) < 4.78 is 0. The summed E-state index contributed by atoms with van der Waals surface area (Å²) >= 11 is 1.62. The fraction of sp³-hybridized carbons (Fsp3) is 0.333. The number of hydrogen-bond acceptors (Lipinski definition) is 4. The summed E-state index contributed by atoms with van der Waals surface area (Å²) in [5.41, 5.74) is 0. The molecule has 0 saturated heterocycles. The molecule has 1 aromatic rings. The number of carbonyl (C=O) groups excluding carboxylic acids is 1. The van der Waals surface area contributed by atoms with E-state index in [9.17, 15) is 9.59 Å². The van der Waals surface area contributed by atoms with Gasteiger partial charge in [-0.2, -0.15) is 0 Å². The molecule has 0 aromatic carbocycles. The highest BCUT2D eigenvalue weighted by atomic mass is 32.1. The van der Waals surface area contributed by atoms with E-state index in [4.69, 9.17) is 5.11 Å². The molecule has 0 bridgehead atoms. The van der Waals surface area contributed by atoms with Gasteiger partial charge in [-0.15, -0.1) is 17.9 Å². The monoisotopic (exact) mass is 268 g/mol. The average Bonchev–Trinajstić information content (AvgIpc) is 2.79. The minimum Gasteiger partial charge on any atom is -0.480 e. The van der Waals surface area contributed by atoms with Gasteiger partial charge < -0.3 is 10.4 Å². The largest absolute Gasteiger partial charge is 0.480 e. The Bertz CT molecular complexity index is 403. The van der Waals surface area contributed by atoms with Crippen molar-refractivity contribution in [2.24, 2.45) is 0 Å². The molecule has 2 N–H and O–H groups in total. The van der Waals surface area contributed by atoms with Crippen LogP contribution in [-0.4, -0.2) is 41.5 Å². The van der Waals surface area contributed by atoms with E-state index in [0.717, 1.165) is 4.88 Å². The van der Waals surface area contributed by atoms with Gasteiger partial charge in [0.2, 0.25) is 5.91 Å². The number of carboxylic acids is 1. The third kappa shape index (κ3) is 5.60. The molecule has 6 heteroatoms. The van der Waals surface area contributed by atoms with Gasteiger partial charge in [-0.05, 0) is 11.4 Å². The Kier molecular flexibility index (Phi) is 6.10. The maximum absolute atomic E-state index is 11.5. The van der Waals surface area contributed by atoms with Crippen molar-refractivity contribution in [2.45, 2.75) is 6.54 Å². The van der Waals surface area contributed by atoms with Gasteiger partial charge in [0.1, 0.15) is 6.54 Å². The summed E-state index contributed by atoms with van der Waals surface area (Å²) in [4.78, 5) is 24.9. The number of carbonyl (C=O) groups is 2. The predicted molar refractivity (Wildman–Crippen MR) is 70.4 cm³/mol. The summed E-state index contributed by atoms with van der Waals surface area (Å²) in [6.45, 7) is 4.70. The molecule has 0 radical (unpaired) electrons. The molecule has 0 saturated carbocycles. The lowest BCUT2D eigenvalue weighted by atomic mass is 10.3. The van der Waals surface area contributed by atoms with Crippen molar-refractivity contribution >= 4 is 23.2 Å². The first-order chi connectivity index (χ1) is 8.61. The Labute approximate surface area is 110 Å². The topological polar surface area (TPSA) is 69.6 Å². The van der Waals surface area contributed by atoms with Crippen LogP contribution in [0.5, 0.6) is 0 Å². The Balaban J connectivity index is 2.44. The van der Waals surface area contributed by atoms with Gasteiger partial charge in [0.25, 0.3) is 0 Å². The number of hydrogen-bond donors (Lipinski definition) is 2. The van der Waals surface area contributed by atoms with Crippen LogP contribution in [0.3, 0.4) is 0 Å². The van der Waals surface area contributed by atoms with Gasteiger partial charge >= 0.3 is 5.97 Å². The molecule has 0 spiro atoms. The molecule has 1 rings (SSSR count). The predicted octanol–water partition coefficient (Wildman–Crippen LogP) is 0.937. The van der Waals surface area contributed by atoms with E-state index >= 15 is 0 Å². The molecule has 0 unspecified atom stereocenters. The molecule has 98 valence electrons. The van der Waals surface area contributed by atoms with E-state index in [1.807, 2.05) is 22.4 Å². The minimum atomic E-state index is -1.04. The number of carboxylic acid groups (broad SMARTS) is 1. The van der Waals surface area contributed by atoms with E-state index in [-0.39, 0.29) is 19.0 Å². The molecule has 1 aromatic heterocycles. The maximum atomic E-state index is 11.5. The summed E-state index contributed by atoms with van der Waals surface area (Å²) in [5, 5.41) is 12.8. The van der Waals surface area contributed by atoms with E-state index in [1.54, 1.807) is 17.4 Å². The highest BCUT2D eigenvalue weighted by Crippen LogP contribution is 2.11. The standard InChI is InChI=1S/C12H16N2O3S/c1-2-5-14(8-10-4-3-6-18-10)9-11(15)13-7-12(16)17/h2-4,6H,1,5,7-9H2,(H,13,15)(H,16,17). The molecule has 1 amide bonds. The first-order valence-corrected chi connectivity index (χ1v) is 6.34. The normalized spacial score (nSPS) is 10.3. The van der Waals surface area contributed by atoms with Crippen molar-refractivity contribution in [1.29, 1.82) is 0 Å². The van der Waals surface area contributed by atoms with E-state index in [0.29, 0.717) is 13.1 Å². The fourth-order valence-electron chi connectivity index (χ4n) is 1.42. The van der Waals surface area contributed by atoms with Crippen LogP contribution in [-0.2, 0) is 16.1 Å². The first-order valence-electron chi connectivity index (χ1n) is 5.46. The maximum Gasteiger partial charge on any atom is 0.322 e. The molecule has 1 heterocycles. The van der Waals surface area contributed by atoms with E-state index in [1.165, 1.54) is 0 Å². The molecule has 0 aliphatic carbocycles. The highest BCUT2D eigenvalue weighted by Gasteiger charge is 2.11. The number of rotatable bonds is 8. The van der Waals surface area contributed by atoms with Crippen molar-refractivity contribution in [3.8, 4) is 0 Å². The molecule has 0 atom stereocenters. The van der Waals surface area contributed by atoms with Crippen LogP contribution in [0.25, 0.3) is 0 Å². The zero-order valence-electron chi connectivity index (χ0n) is 9.96. The number of aliphatic carboxylic acids is 1. The van der Waals surface area contributed by atoms with Crippen molar-refractivity contribution < 1.29 is 14.7 Å². The molecule has 18 heavy (non-hydrogen) atoms.